The van der Waals surface area contributed by atoms with Crippen LogP contribution in [0.4, 0.5) is 5.69 Å². The summed E-state index contributed by atoms with van der Waals surface area (Å²) in [4.78, 5) is 15.6. The highest BCUT2D eigenvalue weighted by atomic mass is 16.6. The number of nitro benzene ring substituents is 1. The number of non-ortho nitro benzene ring substituents is 1. The number of rotatable bonds is 7. The van der Waals surface area contributed by atoms with Crippen LogP contribution in [0.3, 0.4) is 0 Å². The summed E-state index contributed by atoms with van der Waals surface area (Å²) in [5, 5.41) is 11.0. The van der Waals surface area contributed by atoms with Crippen LogP contribution in [-0.4, -0.2) is 41.4 Å². The zero-order valence-corrected chi connectivity index (χ0v) is 16.3. The number of benzene rings is 2. The molecule has 2 aromatic carbocycles. The fourth-order valence-electron chi connectivity index (χ4n) is 4.03. The molecule has 1 aliphatic heterocycles. The first-order chi connectivity index (χ1) is 13.0. The maximum Gasteiger partial charge on any atom is 0.269 e. The van der Waals surface area contributed by atoms with E-state index in [9.17, 15) is 10.1 Å². The second-order valence-electron chi connectivity index (χ2n) is 7.69. The van der Waals surface area contributed by atoms with Crippen molar-refractivity contribution in [3.05, 3.63) is 75.8 Å². The monoisotopic (exact) mass is 367 g/mol. The Labute approximate surface area is 161 Å². The van der Waals surface area contributed by atoms with Gasteiger partial charge in [-0.2, -0.15) is 0 Å². The van der Waals surface area contributed by atoms with Crippen LogP contribution in [0, 0.1) is 16.0 Å². The minimum Gasteiger partial charge on any atom is -0.302 e. The van der Waals surface area contributed by atoms with Gasteiger partial charge in [-0.25, -0.2) is 0 Å². The van der Waals surface area contributed by atoms with E-state index in [2.05, 4.69) is 54.1 Å². The molecule has 1 unspecified atom stereocenters. The SMILES string of the molecule is CC(c1cccc([N+](=O)[O-])c1)N1CCC(CN(C)Cc2ccccc2)CC1. The largest absolute Gasteiger partial charge is 0.302 e. The van der Waals surface area contributed by atoms with Crippen molar-refractivity contribution in [3.8, 4) is 0 Å². The number of hydrogen-bond acceptors (Lipinski definition) is 4. The van der Waals surface area contributed by atoms with Crippen molar-refractivity contribution >= 4 is 5.69 Å². The van der Waals surface area contributed by atoms with E-state index in [0.717, 1.165) is 31.7 Å². The summed E-state index contributed by atoms with van der Waals surface area (Å²) < 4.78 is 0. The number of nitro groups is 1. The number of piperidine rings is 1. The van der Waals surface area contributed by atoms with Crippen LogP contribution in [0.1, 0.15) is 36.9 Å². The lowest BCUT2D eigenvalue weighted by Crippen LogP contribution is -2.39. The Morgan fingerprint density at radius 2 is 1.85 bits per heavy atom. The Bertz CT molecular complexity index is 742. The molecule has 144 valence electrons. The van der Waals surface area contributed by atoms with Gasteiger partial charge in [-0.1, -0.05) is 42.5 Å². The van der Waals surface area contributed by atoms with Crippen LogP contribution in [0.15, 0.2) is 54.6 Å². The van der Waals surface area contributed by atoms with Gasteiger partial charge in [-0.15, -0.1) is 0 Å². The van der Waals surface area contributed by atoms with E-state index in [1.54, 1.807) is 18.2 Å². The Kier molecular flexibility index (Phi) is 6.58. The summed E-state index contributed by atoms with van der Waals surface area (Å²) in [7, 11) is 2.20. The predicted molar refractivity (Wildman–Crippen MR) is 109 cm³/mol. The molecule has 0 N–H and O–H groups in total. The molecule has 0 saturated carbocycles. The van der Waals surface area contributed by atoms with Gasteiger partial charge in [0.25, 0.3) is 5.69 Å². The number of likely N-dealkylation sites (tertiary alicyclic amines) is 1. The van der Waals surface area contributed by atoms with E-state index in [1.807, 2.05) is 6.07 Å². The Hall–Kier alpha value is -2.24. The van der Waals surface area contributed by atoms with E-state index in [0.29, 0.717) is 5.92 Å². The Balaban J connectivity index is 1.49. The summed E-state index contributed by atoms with van der Waals surface area (Å²) in [6.07, 6.45) is 2.36. The van der Waals surface area contributed by atoms with E-state index in [4.69, 9.17) is 0 Å². The molecular weight excluding hydrogens is 338 g/mol. The molecule has 1 fully saturated rings. The highest BCUT2D eigenvalue weighted by Gasteiger charge is 2.25. The molecule has 1 heterocycles. The summed E-state index contributed by atoms with van der Waals surface area (Å²) in [6.45, 7) is 6.36. The zero-order valence-electron chi connectivity index (χ0n) is 16.3. The molecule has 3 rings (SSSR count). The highest BCUT2D eigenvalue weighted by molar-refractivity contribution is 5.35. The van der Waals surface area contributed by atoms with Gasteiger partial charge in [0.15, 0.2) is 0 Å². The average Bonchev–Trinajstić information content (AvgIpc) is 2.69. The number of hydrogen-bond donors (Lipinski definition) is 0. The van der Waals surface area contributed by atoms with Crippen molar-refractivity contribution in [1.29, 1.82) is 0 Å². The van der Waals surface area contributed by atoms with E-state index in [1.165, 1.54) is 18.4 Å². The van der Waals surface area contributed by atoms with Gasteiger partial charge in [-0.05, 0) is 56.9 Å². The summed E-state index contributed by atoms with van der Waals surface area (Å²) in [5.41, 5.74) is 2.57. The van der Waals surface area contributed by atoms with Crippen LogP contribution in [-0.2, 0) is 6.54 Å². The van der Waals surface area contributed by atoms with Crippen LogP contribution in [0.25, 0.3) is 0 Å². The standard InChI is InChI=1S/C22H29N3O2/c1-18(21-9-6-10-22(15-21)25(26)27)24-13-11-20(12-14-24)17-23(2)16-19-7-4-3-5-8-19/h3-10,15,18,20H,11-14,16-17H2,1-2H3. The second kappa shape index (κ2) is 9.11. The molecule has 0 bridgehead atoms. The topological polar surface area (TPSA) is 49.6 Å². The minimum absolute atomic E-state index is 0.178. The fraction of sp³-hybridized carbons (Fsp3) is 0.455. The molecule has 0 spiro atoms. The van der Waals surface area contributed by atoms with Gasteiger partial charge < -0.3 is 4.90 Å². The van der Waals surface area contributed by atoms with Crippen molar-refractivity contribution in [1.82, 2.24) is 9.80 Å². The molecule has 0 amide bonds. The molecule has 5 heteroatoms. The van der Waals surface area contributed by atoms with Gasteiger partial charge in [0, 0.05) is 31.3 Å². The second-order valence-corrected chi connectivity index (χ2v) is 7.69. The van der Waals surface area contributed by atoms with Gasteiger partial charge in [-0.3, -0.25) is 15.0 Å². The van der Waals surface area contributed by atoms with Crippen molar-refractivity contribution in [2.75, 3.05) is 26.7 Å². The Morgan fingerprint density at radius 1 is 1.15 bits per heavy atom. The molecule has 0 radical (unpaired) electrons. The molecule has 2 aromatic rings. The van der Waals surface area contributed by atoms with Crippen molar-refractivity contribution in [2.45, 2.75) is 32.4 Å². The lowest BCUT2D eigenvalue weighted by molar-refractivity contribution is -0.385. The normalized spacial score (nSPS) is 17.1. The van der Waals surface area contributed by atoms with Crippen LogP contribution >= 0.6 is 0 Å². The van der Waals surface area contributed by atoms with Crippen molar-refractivity contribution < 1.29 is 4.92 Å². The summed E-state index contributed by atoms with van der Waals surface area (Å²) >= 11 is 0. The van der Waals surface area contributed by atoms with Gasteiger partial charge in [0.05, 0.1) is 4.92 Å². The first kappa shape index (κ1) is 19.5. The third-order valence-corrected chi connectivity index (χ3v) is 5.63. The molecule has 0 aromatic heterocycles. The molecule has 27 heavy (non-hydrogen) atoms. The smallest absolute Gasteiger partial charge is 0.269 e. The first-order valence-electron chi connectivity index (χ1n) is 9.74. The maximum absolute atomic E-state index is 11.0. The average molecular weight is 367 g/mol. The predicted octanol–water partition coefficient (Wildman–Crippen LogP) is 4.50. The molecular formula is C22H29N3O2. The molecule has 0 aliphatic carbocycles. The molecule has 5 nitrogen and oxygen atoms in total. The van der Waals surface area contributed by atoms with Crippen LogP contribution < -0.4 is 0 Å². The minimum atomic E-state index is -0.314. The highest BCUT2D eigenvalue weighted by Crippen LogP contribution is 2.28. The van der Waals surface area contributed by atoms with E-state index >= 15 is 0 Å². The van der Waals surface area contributed by atoms with E-state index < -0.39 is 0 Å². The van der Waals surface area contributed by atoms with Crippen LogP contribution in [0.5, 0.6) is 0 Å². The first-order valence-corrected chi connectivity index (χ1v) is 9.74. The molecule has 1 atom stereocenters. The molecule has 1 aliphatic rings. The lowest BCUT2D eigenvalue weighted by atomic mass is 9.94. The third kappa shape index (κ3) is 5.37. The molecule has 1 saturated heterocycles. The quantitative estimate of drug-likeness (QED) is 0.534. The van der Waals surface area contributed by atoms with Gasteiger partial charge >= 0.3 is 0 Å². The summed E-state index contributed by atoms with van der Waals surface area (Å²) in [6, 6.07) is 17.9. The lowest BCUT2D eigenvalue weighted by Gasteiger charge is -2.37. The van der Waals surface area contributed by atoms with Crippen molar-refractivity contribution in [2.24, 2.45) is 5.92 Å². The third-order valence-electron chi connectivity index (χ3n) is 5.63. The van der Waals surface area contributed by atoms with E-state index in [-0.39, 0.29) is 16.7 Å². The van der Waals surface area contributed by atoms with Crippen LogP contribution in [0.2, 0.25) is 0 Å². The Morgan fingerprint density at radius 3 is 2.52 bits per heavy atom. The summed E-state index contributed by atoms with van der Waals surface area (Å²) in [5.74, 6) is 0.715. The fourth-order valence-corrected chi connectivity index (χ4v) is 4.03. The number of nitrogens with zero attached hydrogens (tertiary/aromatic N) is 3. The van der Waals surface area contributed by atoms with Gasteiger partial charge in [0.1, 0.15) is 0 Å². The van der Waals surface area contributed by atoms with Gasteiger partial charge in [0.2, 0.25) is 0 Å². The maximum atomic E-state index is 11.0. The zero-order chi connectivity index (χ0) is 19.2. The van der Waals surface area contributed by atoms with Crippen molar-refractivity contribution in [3.63, 3.8) is 0 Å².